The van der Waals surface area contributed by atoms with Crippen molar-refractivity contribution in [3.8, 4) is 11.3 Å². The maximum absolute atomic E-state index is 12.8. The summed E-state index contributed by atoms with van der Waals surface area (Å²) in [4.78, 5) is 45.4. The Kier molecular flexibility index (Phi) is 5.60. The molecule has 2 aromatic heterocycles. The lowest BCUT2D eigenvalue weighted by atomic mass is 10.0. The highest BCUT2D eigenvalue weighted by molar-refractivity contribution is 7.14. The molecule has 1 aliphatic rings. The van der Waals surface area contributed by atoms with Crippen LogP contribution >= 0.6 is 11.3 Å². The standard InChI is InChI=1S/C22H23N5O3S/c1-12(2)13-4-3-5-16(6-13)27-10-15(8-19(27)28)21(30)26-22-25-18(11-31-22)14-7-17(20(23)29)24-9-14/h3-7,9,11-12,15,24H,8,10H2,1-2H3,(H2,23,29)(H,25,26,30). The van der Waals surface area contributed by atoms with Gasteiger partial charge >= 0.3 is 0 Å². The van der Waals surface area contributed by atoms with Gasteiger partial charge in [0.15, 0.2) is 5.13 Å². The number of anilines is 2. The predicted molar refractivity (Wildman–Crippen MR) is 120 cm³/mol. The molecule has 4 N–H and O–H groups in total. The molecule has 1 fully saturated rings. The fourth-order valence-corrected chi connectivity index (χ4v) is 4.26. The SMILES string of the molecule is CC(C)c1cccc(N2CC(C(=O)Nc3nc(-c4c[nH]c(C(N)=O)c4)cs3)CC2=O)c1. The van der Waals surface area contributed by atoms with E-state index in [2.05, 4.69) is 29.1 Å². The number of aromatic amines is 1. The Morgan fingerprint density at radius 3 is 2.84 bits per heavy atom. The third-order valence-electron chi connectivity index (χ3n) is 5.32. The van der Waals surface area contributed by atoms with Crippen LogP contribution in [0.3, 0.4) is 0 Å². The zero-order chi connectivity index (χ0) is 22.1. The Hall–Kier alpha value is -3.46. The van der Waals surface area contributed by atoms with E-state index in [-0.39, 0.29) is 18.2 Å². The Morgan fingerprint density at radius 2 is 2.13 bits per heavy atom. The Balaban J connectivity index is 1.43. The Bertz CT molecular complexity index is 1150. The lowest BCUT2D eigenvalue weighted by Crippen LogP contribution is -2.28. The smallest absolute Gasteiger partial charge is 0.265 e. The van der Waals surface area contributed by atoms with Crippen LogP contribution in [0.1, 0.15) is 42.2 Å². The first kappa shape index (κ1) is 20.8. The van der Waals surface area contributed by atoms with E-state index in [0.717, 1.165) is 11.3 Å². The minimum Gasteiger partial charge on any atom is -0.364 e. The van der Waals surface area contributed by atoms with E-state index in [1.807, 2.05) is 24.3 Å². The summed E-state index contributed by atoms with van der Waals surface area (Å²) in [6.07, 6.45) is 1.80. The number of nitrogens with two attached hydrogens (primary N) is 1. The molecule has 8 nitrogen and oxygen atoms in total. The molecule has 4 rings (SSSR count). The van der Waals surface area contributed by atoms with E-state index >= 15 is 0 Å². The highest BCUT2D eigenvalue weighted by Crippen LogP contribution is 2.30. The van der Waals surface area contributed by atoms with Crippen LogP contribution in [0.2, 0.25) is 0 Å². The molecule has 0 aliphatic carbocycles. The topological polar surface area (TPSA) is 121 Å². The van der Waals surface area contributed by atoms with Gasteiger partial charge in [-0.05, 0) is 29.7 Å². The molecule has 160 valence electrons. The molecular weight excluding hydrogens is 414 g/mol. The van der Waals surface area contributed by atoms with Crippen molar-refractivity contribution in [3.63, 3.8) is 0 Å². The van der Waals surface area contributed by atoms with Gasteiger partial charge in [0.05, 0.1) is 11.6 Å². The number of carbonyl (C=O) groups is 3. The average Bonchev–Trinajstić information content (AvgIpc) is 3.47. The van der Waals surface area contributed by atoms with Crippen LogP contribution in [0.5, 0.6) is 0 Å². The number of rotatable bonds is 6. The highest BCUT2D eigenvalue weighted by atomic mass is 32.1. The summed E-state index contributed by atoms with van der Waals surface area (Å²) in [5, 5.41) is 5.04. The third-order valence-corrected chi connectivity index (χ3v) is 6.08. The van der Waals surface area contributed by atoms with Gasteiger partial charge in [-0.25, -0.2) is 4.98 Å². The summed E-state index contributed by atoms with van der Waals surface area (Å²) in [6, 6.07) is 9.49. The number of primary amides is 1. The number of hydrogen-bond donors (Lipinski definition) is 3. The summed E-state index contributed by atoms with van der Waals surface area (Å²) in [6.45, 7) is 4.54. The number of carbonyl (C=O) groups excluding carboxylic acids is 3. The molecular formula is C22H23N5O3S. The van der Waals surface area contributed by atoms with E-state index in [4.69, 9.17) is 5.73 Å². The summed E-state index contributed by atoms with van der Waals surface area (Å²) in [5.41, 5.74) is 8.85. The van der Waals surface area contributed by atoms with E-state index in [9.17, 15) is 14.4 Å². The van der Waals surface area contributed by atoms with Crippen molar-refractivity contribution in [2.45, 2.75) is 26.2 Å². The van der Waals surface area contributed by atoms with Gasteiger partial charge in [0.25, 0.3) is 5.91 Å². The second kappa shape index (κ2) is 8.35. The van der Waals surface area contributed by atoms with Gasteiger partial charge in [-0.3, -0.25) is 14.4 Å². The van der Waals surface area contributed by atoms with Crippen molar-refractivity contribution in [3.05, 3.63) is 53.2 Å². The number of hydrogen-bond acceptors (Lipinski definition) is 5. The van der Waals surface area contributed by atoms with Gasteiger partial charge < -0.3 is 20.9 Å². The van der Waals surface area contributed by atoms with Crippen LogP contribution < -0.4 is 16.0 Å². The number of amides is 3. The fourth-order valence-electron chi connectivity index (χ4n) is 3.54. The van der Waals surface area contributed by atoms with Crippen molar-refractivity contribution >= 4 is 39.9 Å². The Labute approximate surface area is 183 Å². The zero-order valence-electron chi connectivity index (χ0n) is 17.2. The summed E-state index contributed by atoms with van der Waals surface area (Å²) >= 11 is 1.28. The summed E-state index contributed by atoms with van der Waals surface area (Å²) < 4.78 is 0. The molecule has 1 aliphatic heterocycles. The van der Waals surface area contributed by atoms with Crippen LogP contribution in [0.4, 0.5) is 10.8 Å². The molecule has 31 heavy (non-hydrogen) atoms. The first-order chi connectivity index (χ1) is 14.8. The van der Waals surface area contributed by atoms with Gasteiger partial charge in [0.1, 0.15) is 5.69 Å². The first-order valence-electron chi connectivity index (χ1n) is 9.97. The largest absolute Gasteiger partial charge is 0.364 e. The maximum atomic E-state index is 12.8. The molecule has 3 heterocycles. The summed E-state index contributed by atoms with van der Waals surface area (Å²) in [7, 11) is 0. The molecule has 3 aromatic rings. The van der Waals surface area contributed by atoms with Crippen molar-refractivity contribution < 1.29 is 14.4 Å². The number of benzene rings is 1. The molecule has 0 radical (unpaired) electrons. The minimum absolute atomic E-state index is 0.0628. The van der Waals surface area contributed by atoms with E-state index in [1.54, 1.807) is 22.5 Å². The van der Waals surface area contributed by atoms with Crippen LogP contribution in [-0.4, -0.2) is 34.2 Å². The van der Waals surface area contributed by atoms with Crippen molar-refractivity contribution in [2.24, 2.45) is 11.7 Å². The molecule has 9 heteroatoms. The zero-order valence-corrected chi connectivity index (χ0v) is 18.0. The van der Waals surface area contributed by atoms with E-state index in [1.165, 1.54) is 11.3 Å². The second-order valence-corrected chi connectivity index (χ2v) is 8.71. The van der Waals surface area contributed by atoms with Crippen LogP contribution in [0.25, 0.3) is 11.3 Å². The molecule has 1 aromatic carbocycles. The predicted octanol–water partition coefficient (Wildman–Crippen LogP) is 3.35. The van der Waals surface area contributed by atoms with Gasteiger partial charge in [-0.15, -0.1) is 11.3 Å². The lowest BCUT2D eigenvalue weighted by molar-refractivity contribution is -0.122. The molecule has 3 amide bonds. The summed E-state index contributed by atoms with van der Waals surface area (Å²) in [5.74, 6) is -0.938. The van der Waals surface area contributed by atoms with Crippen LogP contribution in [-0.2, 0) is 9.59 Å². The fraction of sp³-hybridized carbons (Fsp3) is 0.273. The minimum atomic E-state index is -0.551. The second-order valence-electron chi connectivity index (χ2n) is 7.85. The first-order valence-corrected chi connectivity index (χ1v) is 10.8. The quantitative estimate of drug-likeness (QED) is 0.547. The number of nitrogens with zero attached hydrogens (tertiary/aromatic N) is 2. The van der Waals surface area contributed by atoms with Gasteiger partial charge in [-0.1, -0.05) is 26.0 Å². The van der Waals surface area contributed by atoms with Crippen molar-refractivity contribution in [1.82, 2.24) is 9.97 Å². The maximum Gasteiger partial charge on any atom is 0.265 e. The Morgan fingerprint density at radius 1 is 1.32 bits per heavy atom. The third kappa shape index (κ3) is 4.36. The number of thiazole rings is 1. The van der Waals surface area contributed by atoms with Gasteiger partial charge in [0.2, 0.25) is 11.8 Å². The number of nitrogens with one attached hydrogen (secondary N) is 2. The number of H-pyrrole nitrogens is 1. The number of aromatic nitrogens is 2. The van der Waals surface area contributed by atoms with Gasteiger partial charge in [-0.2, -0.15) is 0 Å². The van der Waals surface area contributed by atoms with Crippen molar-refractivity contribution in [1.29, 1.82) is 0 Å². The average molecular weight is 438 g/mol. The van der Waals surface area contributed by atoms with Crippen LogP contribution in [0.15, 0.2) is 41.9 Å². The van der Waals surface area contributed by atoms with Crippen LogP contribution in [0, 0.1) is 5.92 Å². The monoisotopic (exact) mass is 437 g/mol. The normalized spacial score (nSPS) is 16.2. The molecule has 0 saturated carbocycles. The lowest BCUT2D eigenvalue weighted by Gasteiger charge is -2.18. The van der Waals surface area contributed by atoms with Gasteiger partial charge in [0, 0.05) is 35.8 Å². The molecule has 0 spiro atoms. The molecule has 1 atom stereocenters. The van der Waals surface area contributed by atoms with E-state index < -0.39 is 11.8 Å². The molecule has 1 unspecified atom stereocenters. The molecule has 0 bridgehead atoms. The highest BCUT2D eigenvalue weighted by Gasteiger charge is 2.35. The molecule has 1 saturated heterocycles. The van der Waals surface area contributed by atoms with E-state index in [0.29, 0.717) is 34.5 Å². The van der Waals surface area contributed by atoms with Crippen molar-refractivity contribution in [2.75, 3.05) is 16.8 Å².